The molecule has 1 aromatic heterocycles. The number of halogens is 3. The molecule has 0 radical (unpaired) electrons. The SMILES string of the molecule is Nc1ccc2nc(Nc3cc(F)c(F)c(F)c3)ccc2c1. The lowest BCUT2D eigenvalue weighted by atomic mass is 10.2. The van der Waals surface area contributed by atoms with Crippen molar-refractivity contribution in [3.05, 3.63) is 59.9 Å². The zero-order valence-corrected chi connectivity index (χ0v) is 10.7. The van der Waals surface area contributed by atoms with Crippen molar-refractivity contribution in [1.29, 1.82) is 0 Å². The molecule has 3 rings (SSSR count). The van der Waals surface area contributed by atoms with E-state index in [1.165, 1.54) is 0 Å². The number of rotatable bonds is 2. The highest BCUT2D eigenvalue weighted by Gasteiger charge is 2.11. The van der Waals surface area contributed by atoms with Gasteiger partial charge in [-0.15, -0.1) is 0 Å². The molecule has 6 heteroatoms. The summed E-state index contributed by atoms with van der Waals surface area (Å²) in [6, 6.07) is 10.4. The average Bonchev–Trinajstić information content (AvgIpc) is 2.45. The van der Waals surface area contributed by atoms with E-state index in [1.807, 2.05) is 0 Å². The van der Waals surface area contributed by atoms with Crippen LogP contribution in [0.25, 0.3) is 10.9 Å². The van der Waals surface area contributed by atoms with E-state index in [1.54, 1.807) is 30.3 Å². The third-order valence-corrected chi connectivity index (χ3v) is 2.97. The minimum Gasteiger partial charge on any atom is -0.399 e. The van der Waals surface area contributed by atoms with E-state index in [2.05, 4.69) is 10.3 Å². The van der Waals surface area contributed by atoms with Crippen molar-refractivity contribution >= 4 is 28.1 Å². The molecule has 0 spiro atoms. The summed E-state index contributed by atoms with van der Waals surface area (Å²) in [7, 11) is 0. The van der Waals surface area contributed by atoms with E-state index in [0.717, 1.165) is 17.5 Å². The van der Waals surface area contributed by atoms with Crippen molar-refractivity contribution in [2.75, 3.05) is 11.1 Å². The molecular formula is C15H10F3N3. The highest BCUT2D eigenvalue weighted by atomic mass is 19.2. The van der Waals surface area contributed by atoms with Gasteiger partial charge in [-0.3, -0.25) is 0 Å². The molecular weight excluding hydrogens is 279 g/mol. The van der Waals surface area contributed by atoms with Crippen LogP contribution in [0.1, 0.15) is 0 Å². The number of nitrogens with one attached hydrogen (secondary N) is 1. The Balaban J connectivity index is 1.96. The maximum Gasteiger partial charge on any atom is 0.194 e. The number of hydrogen-bond acceptors (Lipinski definition) is 3. The summed E-state index contributed by atoms with van der Waals surface area (Å²) < 4.78 is 39.2. The normalized spacial score (nSPS) is 10.8. The lowest BCUT2D eigenvalue weighted by molar-refractivity contribution is 0.448. The largest absolute Gasteiger partial charge is 0.399 e. The lowest BCUT2D eigenvalue weighted by Crippen LogP contribution is -1.98. The average molecular weight is 289 g/mol. The number of aromatic nitrogens is 1. The Morgan fingerprint density at radius 3 is 2.33 bits per heavy atom. The maximum absolute atomic E-state index is 13.2. The van der Waals surface area contributed by atoms with E-state index in [9.17, 15) is 13.2 Å². The number of fused-ring (bicyclic) bond motifs is 1. The van der Waals surface area contributed by atoms with Gasteiger partial charge in [-0.1, -0.05) is 0 Å². The first kappa shape index (κ1) is 13.2. The summed E-state index contributed by atoms with van der Waals surface area (Å²) >= 11 is 0. The van der Waals surface area contributed by atoms with Gasteiger partial charge in [-0.05, 0) is 30.3 Å². The molecule has 106 valence electrons. The molecule has 2 aromatic carbocycles. The molecule has 0 atom stereocenters. The first-order valence-corrected chi connectivity index (χ1v) is 6.11. The molecule has 0 fully saturated rings. The van der Waals surface area contributed by atoms with Gasteiger partial charge in [0.2, 0.25) is 0 Å². The molecule has 0 saturated carbocycles. The fraction of sp³-hybridized carbons (Fsp3) is 0. The van der Waals surface area contributed by atoms with Crippen molar-refractivity contribution in [2.45, 2.75) is 0 Å². The summed E-state index contributed by atoms with van der Waals surface area (Å²) in [6.07, 6.45) is 0. The van der Waals surface area contributed by atoms with Gasteiger partial charge in [0.25, 0.3) is 0 Å². The van der Waals surface area contributed by atoms with E-state index in [4.69, 9.17) is 5.73 Å². The van der Waals surface area contributed by atoms with Crippen molar-refractivity contribution in [2.24, 2.45) is 0 Å². The molecule has 0 aliphatic rings. The Morgan fingerprint density at radius 1 is 0.905 bits per heavy atom. The molecule has 3 aromatic rings. The fourth-order valence-corrected chi connectivity index (χ4v) is 1.99. The third-order valence-electron chi connectivity index (χ3n) is 2.97. The number of nitrogens with two attached hydrogens (primary N) is 1. The summed E-state index contributed by atoms with van der Waals surface area (Å²) in [4.78, 5) is 4.29. The van der Waals surface area contributed by atoms with Gasteiger partial charge < -0.3 is 11.1 Å². The maximum atomic E-state index is 13.2. The van der Waals surface area contributed by atoms with Gasteiger partial charge in [0.05, 0.1) is 5.52 Å². The Morgan fingerprint density at radius 2 is 1.62 bits per heavy atom. The Kier molecular flexibility index (Phi) is 3.13. The van der Waals surface area contributed by atoms with Crippen molar-refractivity contribution < 1.29 is 13.2 Å². The monoisotopic (exact) mass is 289 g/mol. The van der Waals surface area contributed by atoms with Gasteiger partial charge in [-0.2, -0.15) is 0 Å². The van der Waals surface area contributed by atoms with Crippen LogP contribution in [-0.2, 0) is 0 Å². The Bertz CT molecular complexity index is 811. The van der Waals surface area contributed by atoms with Gasteiger partial charge in [0, 0.05) is 28.9 Å². The van der Waals surface area contributed by atoms with Crippen LogP contribution in [0.2, 0.25) is 0 Å². The highest BCUT2D eigenvalue weighted by Crippen LogP contribution is 2.23. The second-order valence-electron chi connectivity index (χ2n) is 4.53. The van der Waals surface area contributed by atoms with Crippen LogP contribution in [0, 0.1) is 17.5 Å². The third kappa shape index (κ3) is 2.60. The quantitative estimate of drug-likeness (QED) is 0.554. The van der Waals surface area contributed by atoms with Crippen LogP contribution in [0.4, 0.5) is 30.4 Å². The number of hydrogen-bond donors (Lipinski definition) is 2. The van der Waals surface area contributed by atoms with Gasteiger partial charge in [0.1, 0.15) is 5.82 Å². The molecule has 1 heterocycles. The minimum absolute atomic E-state index is 0.0775. The van der Waals surface area contributed by atoms with Crippen molar-refractivity contribution in [3.63, 3.8) is 0 Å². The molecule has 21 heavy (non-hydrogen) atoms. The molecule has 0 unspecified atom stereocenters. The first-order valence-electron chi connectivity index (χ1n) is 6.11. The predicted molar refractivity (Wildman–Crippen MR) is 75.8 cm³/mol. The minimum atomic E-state index is -1.50. The zero-order chi connectivity index (χ0) is 15.0. The Hall–Kier alpha value is -2.76. The van der Waals surface area contributed by atoms with Gasteiger partial charge in [-0.25, -0.2) is 18.2 Å². The number of anilines is 3. The fourth-order valence-electron chi connectivity index (χ4n) is 1.99. The van der Waals surface area contributed by atoms with E-state index < -0.39 is 17.5 Å². The van der Waals surface area contributed by atoms with Gasteiger partial charge in [0.15, 0.2) is 17.5 Å². The lowest BCUT2D eigenvalue weighted by Gasteiger charge is -2.08. The van der Waals surface area contributed by atoms with Crippen LogP contribution in [0.3, 0.4) is 0 Å². The molecule has 0 saturated heterocycles. The second kappa shape index (κ2) is 4.97. The second-order valence-corrected chi connectivity index (χ2v) is 4.53. The number of nitrogen functional groups attached to an aromatic ring is 1. The number of nitrogens with zero attached hydrogens (tertiary/aromatic N) is 1. The molecule has 0 aliphatic carbocycles. The van der Waals surface area contributed by atoms with Gasteiger partial charge >= 0.3 is 0 Å². The van der Waals surface area contributed by atoms with E-state index >= 15 is 0 Å². The first-order chi connectivity index (χ1) is 10.0. The predicted octanol–water partition coefficient (Wildman–Crippen LogP) is 3.98. The summed E-state index contributed by atoms with van der Waals surface area (Å²) in [5.74, 6) is -3.63. The molecule has 0 amide bonds. The molecule has 0 aliphatic heterocycles. The zero-order valence-electron chi connectivity index (χ0n) is 10.7. The van der Waals surface area contributed by atoms with Crippen LogP contribution < -0.4 is 11.1 Å². The summed E-state index contributed by atoms with van der Waals surface area (Å²) in [5, 5.41) is 3.57. The molecule has 3 nitrogen and oxygen atoms in total. The number of benzene rings is 2. The van der Waals surface area contributed by atoms with Crippen LogP contribution in [0.15, 0.2) is 42.5 Å². The summed E-state index contributed by atoms with van der Waals surface area (Å²) in [5.41, 5.74) is 7.04. The van der Waals surface area contributed by atoms with Crippen LogP contribution in [-0.4, -0.2) is 4.98 Å². The van der Waals surface area contributed by atoms with E-state index in [0.29, 0.717) is 17.0 Å². The number of pyridine rings is 1. The Labute approximate surface area is 118 Å². The summed E-state index contributed by atoms with van der Waals surface area (Å²) in [6.45, 7) is 0. The highest BCUT2D eigenvalue weighted by molar-refractivity contribution is 5.83. The van der Waals surface area contributed by atoms with E-state index in [-0.39, 0.29) is 5.69 Å². The molecule has 0 bridgehead atoms. The molecule has 3 N–H and O–H groups in total. The standard InChI is InChI=1S/C15H10F3N3/c16-11-6-10(7-12(17)15(11)18)20-14-4-1-8-5-9(19)2-3-13(8)21-14/h1-7H,19H2,(H,20,21). The topological polar surface area (TPSA) is 50.9 Å². The van der Waals surface area contributed by atoms with Crippen LogP contribution >= 0.6 is 0 Å². The smallest absolute Gasteiger partial charge is 0.194 e. The van der Waals surface area contributed by atoms with Crippen LogP contribution in [0.5, 0.6) is 0 Å². The van der Waals surface area contributed by atoms with Crippen molar-refractivity contribution in [3.8, 4) is 0 Å². The van der Waals surface area contributed by atoms with Crippen molar-refractivity contribution in [1.82, 2.24) is 4.98 Å².